The van der Waals surface area contributed by atoms with Gasteiger partial charge in [-0.3, -0.25) is 9.59 Å². The highest BCUT2D eigenvalue weighted by Gasteiger charge is 2.56. The molecule has 1 amide bonds. The van der Waals surface area contributed by atoms with E-state index in [0.29, 0.717) is 18.3 Å². The fraction of sp³-hybridized carbons (Fsp3) is 0.556. The quantitative estimate of drug-likeness (QED) is 0.848. The number of nitrogens with one attached hydrogen (secondary N) is 1. The molecular formula is C18H23NO3. The van der Waals surface area contributed by atoms with Crippen LogP contribution >= 0.6 is 0 Å². The van der Waals surface area contributed by atoms with Crippen molar-refractivity contribution in [3.63, 3.8) is 0 Å². The van der Waals surface area contributed by atoms with Gasteiger partial charge in [0.25, 0.3) is 0 Å². The van der Waals surface area contributed by atoms with Gasteiger partial charge in [0.15, 0.2) is 0 Å². The SMILES string of the molecule is Cc1ccccc1C[C@H](CNC(=O)C1[C@@H]2CCC[C@@H]12)C(=O)O. The molecule has 0 aliphatic heterocycles. The number of benzene rings is 1. The Morgan fingerprint density at radius 1 is 1.27 bits per heavy atom. The monoisotopic (exact) mass is 301 g/mol. The van der Waals surface area contributed by atoms with Gasteiger partial charge in [-0.05, 0) is 49.1 Å². The second kappa shape index (κ2) is 6.11. The number of carbonyl (C=O) groups is 2. The Bertz CT molecular complexity index is 573. The molecule has 1 aromatic carbocycles. The van der Waals surface area contributed by atoms with Gasteiger partial charge in [0.1, 0.15) is 0 Å². The maximum absolute atomic E-state index is 12.2. The Morgan fingerprint density at radius 3 is 2.59 bits per heavy atom. The van der Waals surface area contributed by atoms with E-state index in [1.54, 1.807) is 0 Å². The Hall–Kier alpha value is -1.84. The molecule has 0 spiro atoms. The molecule has 0 heterocycles. The fourth-order valence-corrected chi connectivity index (χ4v) is 3.90. The summed E-state index contributed by atoms with van der Waals surface area (Å²) in [5, 5.41) is 12.3. The van der Waals surface area contributed by atoms with Crippen LogP contribution in [0.4, 0.5) is 0 Å². The highest BCUT2D eigenvalue weighted by atomic mass is 16.4. The van der Waals surface area contributed by atoms with Crippen LogP contribution in [0.15, 0.2) is 24.3 Å². The number of fused-ring (bicyclic) bond motifs is 1. The van der Waals surface area contributed by atoms with Crippen molar-refractivity contribution in [2.75, 3.05) is 6.54 Å². The summed E-state index contributed by atoms with van der Waals surface area (Å²) in [7, 11) is 0. The standard InChI is InChI=1S/C18H23NO3/c1-11-5-2-3-6-12(11)9-13(18(21)22)10-19-17(20)16-14-7-4-8-15(14)16/h2-3,5-6,13-16H,4,7-10H2,1H3,(H,19,20)(H,21,22)/t13-,14-,15-/m1/s1. The van der Waals surface area contributed by atoms with Gasteiger partial charge in [-0.2, -0.15) is 0 Å². The maximum Gasteiger partial charge on any atom is 0.308 e. The van der Waals surface area contributed by atoms with Gasteiger partial charge in [0, 0.05) is 12.5 Å². The number of aliphatic carboxylic acids is 1. The molecule has 3 rings (SSSR count). The lowest BCUT2D eigenvalue weighted by molar-refractivity contribution is -0.141. The molecule has 2 N–H and O–H groups in total. The van der Waals surface area contributed by atoms with Crippen molar-refractivity contribution in [1.82, 2.24) is 5.32 Å². The normalized spacial score (nSPS) is 27.0. The summed E-state index contributed by atoms with van der Waals surface area (Å²) in [5.74, 6) is -0.0603. The summed E-state index contributed by atoms with van der Waals surface area (Å²) in [5.41, 5.74) is 2.13. The lowest BCUT2D eigenvalue weighted by Gasteiger charge is -2.15. The number of amides is 1. The smallest absolute Gasteiger partial charge is 0.308 e. The molecule has 0 radical (unpaired) electrons. The summed E-state index contributed by atoms with van der Waals surface area (Å²) in [6.07, 6.45) is 4.02. The molecule has 0 saturated heterocycles. The van der Waals surface area contributed by atoms with Crippen LogP contribution in [-0.4, -0.2) is 23.5 Å². The van der Waals surface area contributed by atoms with Gasteiger partial charge >= 0.3 is 5.97 Å². The zero-order valence-corrected chi connectivity index (χ0v) is 12.9. The lowest BCUT2D eigenvalue weighted by atomic mass is 9.96. The summed E-state index contributed by atoms with van der Waals surface area (Å²) < 4.78 is 0. The average molecular weight is 301 g/mol. The third-order valence-corrected chi connectivity index (χ3v) is 5.31. The molecule has 3 atom stereocenters. The van der Waals surface area contributed by atoms with E-state index in [2.05, 4.69) is 5.32 Å². The Morgan fingerprint density at radius 2 is 1.95 bits per heavy atom. The zero-order valence-electron chi connectivity index (χ0n) is 12.9. The molecule has 0 unspecified atom stereocenters. The van der Waals surface area contributed by atoms with Gasteiger partial charge in [-0.15, -0.1) is 0 Å². The number of carboxylic acid groups (broad SMARTS) is 1. The van der Waals surface area contributed by atoms with E-state index in [0.717, 1.165) is 24.0 Å². The minimum atomic E-state index is -0.848. The molecule has 2 aliphatic carbocycles. The average Bonchev–Trinajstić information content (AvgIpc) is 2.97. The Labute approximate surface area is 130 Å². The Balaban J connectivity index is 1.55. The van der Waals surface area contributed by atoms with Gasteiger partial charge in [-0.25, -0.2) is 0 Å². The number of carbonyl (C=O) groups excluding carboxylic acids is 1. The van der Waals surface area contributed by atoms with Gasteiger partial charge in [0.05, 0.1) is 5.92 Å². The molecule has 0 bridgehead atoms. The van der Waals surface area contributed by atoms with Crippen molar-refractivity contribution in [2.45, 2.75) is 32.6 Å². The number of hydrogen-bond donors (Lipinski definition) is 2. The highest BCUT2D eigenvalue weighted by molar-refractivity contribution is 5.83. The summed E-state index contributed by atoms with van der Waals surface area (Å²) >= 11 is 0. The predicted octanol–water partition coefficient (Wildman–Crippen LogP) is 2.40. The van der Waals surface area contributed by atoms with Crippen LogP contribution in [0.25, 0.3) is 0 Å². The van der Waals surface area contributed by atoms with Crippen LogP contribution in [0.5, 0.6) is 0 Å². The minimum Gasteiger partial charge on any atom is -0.481 e. The first-order valence-corrected chi connectivity index (χ1v) is 8.13. The van der Waals surface area contributed by atoms with E-state index in [9.17, 15) is 14.7 Å². The lowest BCUT2D eigenvalue weighted by Crippen LogP contribution is -2.35. The molecule has 0 aromatic heterocycles. The van der Waals surface area contributed by atoms with Crippen LogP contribution in [-0.2, 0) is 16.0 Å². The number of aryl methyl sites for hydroxylation is 1. The molecule has 22 heavy (non-hydrogen) atoms. The van der Waals surface area contributed by atoms with E-state index in [-0.39, 0.29) is 18.4 Å². The molecule has 2 aliphatic rings. The largest absolute Gasteiger partial charge is 0.481 e. The molecule has 118 valence electrons. The summed E-state index contributed by atoms with van der Waals surface area (Å²) in [6.45, 7) is 2.21. The van der Waals surface area contributed by atoms with E-state index in [1.165, 1.54) is 6.42 Å². The van der Waals surface area contributed by atoms with Crippen molar-refractivity contribution in [3.8, 4) is 0 Å². The van der Waals surface area contributed by atoms with E-state index in [4.69, 9.17) is 0 Å². The number of carboxylic acids is 1. The first-order valence-electron chi connectivity index (χ1n) is 8.13. The highest BCUT2D eigenvalue weighted by Crippen LogP contribution is 2.57. The fourth-order valence-electron chi connectivity index (χ4n) is 3.90. The van der Waals surface area contributed by atoms with Crippen LogP contribution in [0.1, 0.15) is 30.4 Å². The zero-order chi connectivity index (χ0) is 15.7. The minimum absolute atomic E-state index is 0.0609. The van der Waals surface area contributed by atoms with Crippen molar-refractivity contribution < 1.29 is 14.7 Å². The predicted molar refractivity (Wildman–Crippen MR) is 83.3 cm³/mol. The van der Waals surface area contributed by atoms with Crippen LogP contribution in [0.3, 0.4) is 0 Å². The van der Waals surface area contributed by atoms with Crippen molar-refractivity contribution in [3.05, 3.63) is 35.4 Å². The molecular weight excluding hydrogens is 278 g/mol. The van der Waals surface area contributed by atoms with Crippen LogP contribution in [0, 0.1) is 30.6 Å². The maximum atomic E-state index is 12.2. The summed E-state index contributed by atoms with van der Waals surface area (Å²) in [6, 6.07) is 7.81. The van der Waals surface area contributed by atoms with Crippen LogP contribution in [0.2, 0.25) is 0 Å². The van der Waals surface area contributed by atoms with Gasteiger partial charge in [-0.1, -0.05) is 30.7 Å². The van der Waals surface area contributed by atoms with E-state index in [1.807, 2.05) is 31.2 Å². The number of rotatable bonds is 6. The summed E-state index contributed by atoms with van der Waals surface area (Å²) in [4.78, 5) is 23.6. The van der Waals surface area contributed by atoms with E-state index >= 15 is 0 Å². The third kappa shape index (κ3) is 3.01. The first-order chi connectivity index (χ1) is 10.6. The third-order valence-electron chi connectivity index (χ3n) is 5.31. The molecule has 2 saturated carbocycles. The molecule has 4 nitrogen and oxygen atoms in total. The molecule has 1 aromatic rings. The first kappa shape index (κ1) is 15.1. The second-order valence-electron chi connectivity index (χ2n) is 6.70. The van der Waals surface area contributed by atoms with Crippen LogP contribution < -0.4 is 5.32 Å². The number of hydrogen-bond acceptors (Lipinski definition) is 2. The second-order valence-corrected chi connectivity index (χ2v) is 6.70. The molecule has 4 heteroatoms. The van der Waals surface area contributed by atoms with Crippen molar-refractivity contribution >= 4 is 11.9 Å². The Kier molecular flexibility index (Phi) is 4.19. The van der Waals surface area contributed by atoms with Gasteiger partial charge in [0.2, 0.25) is 5.91 Å². The van der Waals surface area contributed by atoms with Crippen molar-refractivity contribution in [2.24, 2.45) is 23.7 Å². The topological polar surface area (TPSA) is 66.4 Å². The van der Waals surface area contributed by atoms with E-state index < -0.39 is 11.9 Å². The van der Waals surface area contributed by atoms with Gasteiger partial charge < -0.3 is 10.4 Å². The molecule has 2 fully saturated rings. The van der Waals surface area contributed by atoms with Crippen molar-refractivity contribution in [1.29, 1.82) is 0 Å².